The molecule has 2 fully saturated rings. The topological polar surface area (TPSA) is 68.2 Å². The Labute approximate surface area is 162 Å². The van der Waals surface area contributed by atoms with E-state index in [2.05, 4.69) is 10.6 Å². The van der Waals surface area contributed by atoms with Crippen LogP contribution >= 0.6 is 0 Å². The van der Waals surface area contributed by atoms with E-state index in [1.165, 1.54) is 6.07 Å². The van der Waals surface area contributed by atoms with Crippen molar-refractivity contribution in [2.45, 2.75) is 25.9 Å². The molecule has 152 valence electrons. The lowest BCUT2D eigenvalue weighted by molar-refractivity contribution is -0.137. The van der Waals surface area contributed by atoms with Crippen LogP contribution in [0.5, 0.6) is 0 Å². The van der Waals surface area contributed by atoms with E-state index >= 15 is 0 Å². The van der Waals surface area contributed by atoms with Crippen molar-refractivity contribution >= 4 is 11.6 Å². The molecule has 1 aromatic carbocycles. The number of alkyl halides is 3. The summed E-state index contributed by atoms with van der Waals surface area (Å²) < 4.78 is 40.0. The first-order valence-electron chi connectivity index (χ1n) is 9.69. The van der Waals surface area contributed by atoms with Crippen LogP contribution in [0.25, 0.3) is 0 Å². The number of nitrogens with one attached hydrogen (secondary N) is 2. The number of benzene rings is 1. The predicted octanol–water partition coefficient (Wildman–Crippen LogP) is 2.77. The van der Waals surface area contributed by atoms with E-state index in [1.807, 2.05) is 11.8 Å². The van der Waals surface area contributed by atoms with E-state index in [-0.39, 0.29) is 23.3 Å². The largest absolute Gasteiger partial charge is 0.417 e. The van der Waals surface area contributed by atoms with Crippen LogP contribution in [0.1, 0.15) is 30.9 Å². The quantitative estimate of drug-likeness (QED) is 0.824. The monoisotopic (exact) mass is 394 g/mol. The van der Waals surface area contributed by atoms with Crippen molar-refractivity contribution in [2.75, 3.05) is 37.6 Å². The second-order valence-corrected chi connectivity index (χ2v) is 7.50. The van der Waals surface area contributed by atoms with Gasteiger partial charge in [-0.3, -0.25) is 4.79 Å². The van der Waals surface area contributed by atoms with E-state index in [4.69, 9.17) is 5.26 Å². The van der Waals surface area contributed by atoms with E-state index in [1.54, 1.807) is 12.1 Å². The van der Waals surface area contributed by atoms with E-state index < -0.39 is 11.7 Å². The van der Waals surface area contributed by atoms with Crippen molar-refractivity contribution in [3.8, 4) is 6.07 Å². The molecule has 0 aliphatic carbocycles. The summed E-state index contributed by atoms with van der Waals surface area (Å²) in [5, 5.41) is 15.2. The first kappa shape index (κ1) is 20.5. The van der Waals surface area contributed by atoms with Gasteiger partial charge in [0, 0.05) is 25.3 Å². The smallest absolute Gasteiger partial charge is 0.370 e. The molecule has 0 aromatic heterocycles. The number of anilines is 1. The number of halogens is 3. The average molecular weight is 394 g/mol. The second-order valence-electron chi connectivity index (χ2n) is 7.50. The van der Waals surface area contributed by atoms with Gasteiger partial charge in [-0.2, -0.15) is 18.4 Å². The Morgan fingerprint density at radius 2 is 2.04 bits per heavy atom. The Morgan fingerprint density at radius 3 is 2.64 bits per heavy atom. The fourth-order valence-corrected chi connectivity index (χ4v) is 4.43. The molecule has 0 radical (unpaired) electrons. The normalized spacial score (nSPS) is 23.5. The molecule has 2 N–H and O–H groups in total. The molecule has 1 amide bonds. The Kier molecular flexibility index (Phi) is 6.14. The molecule has 0 bridgehead atoms. The molecule has 2 saturated heterocycles. The minimum atomic E-state index is -4.59. The highest BCUT2D eigenvalue weighted by atomic mass is 19.4. The number of hydrogen-bond donors (Lipinski definition) is 2. The third-order valence-corrected chi connectivity index (χ3v) is 5.84. The molecule has 8 heteroatoms. The Hall–Kier alpha value is -2.27. The molecule has 2 aliphatic heterocycles. The molecule has 2 atom stereocenters. The Balaban J connectivity index is 1.88. The summed E-state index contributed by atoms with van der Waals surface area (Å²) in [6, 6.07) is 5.42. The van der Waals surface area contributed by atoms with Crippen LogP contribution in [0.4, 0.5) is 18.9 Å². The molecule has 2 heterocycles. The summed E-state index contributed by atoms with van der Waals surface area (Å²) in [4.78, 5) is 14.5. The van der Waals surface area contributed by atoms with Crippen LogP contribution in [0, 0.1) is 29.1 Å². The minimum Gasteiger partial charge on any atom is -0.370 e. The molecule has 5 nitrogen and oxygen atoms in total. The number of nitrogens with zero attached hydrogens (tertiary/aromatic N) is 2. The standard InChI is InChI=1S/C20H25F3N4O/c1-2-26-19(28)17-12-27(11-16(17)13-5-7-25-8-6-13)15-4-3-14(10-24)18(9-15)20(21,22)23/h3-4,9,13,16-17,25H,2,5-8,11-12H2,1H3,(H,26,28)/t16-,17+/m0/s1. The van der Waals surface area contributed by atoms with Crippen molar-refractivity contribution in [1.29, 1.82) is 5.26 Å². The maximum Gasteiger partial charge on any atom is 0.417 e. The Bertz CT molecular complexity index is 753. The van der Waals surface area contributed by atoms with Gasteiger partial charge in [0.1, 0.15) is 0 Å². The zero-order valence-corrected chi connectivity index (χ0v) is 15.9. The zero-order valence-electron chi connectivity index (χ0n) is 15.9. The van der Waals surface area contributed by atoms with Gasteiger partial charge in [0.15, 0.2) is 0 Å². The van der Waals surface area contributed by atoms with Gasteiger partial charge in [-0.15, -0.1) is 0 Å². The van der Waals surface area contributed by atoms with Gasteiger partial charge in [-0.05, 0) is 62.9 Å². The molecule has 1 aromatic rings. The lowest BCUT2D eigenvalue weighted by atomic mass is 9.78. The van der Waals surface area contributed by atoms with Gasteiger partial charge < -0.3 is 15.5 Å². The first-order chi connectivity index (χ1) is 13.3. The van der Waals surface area contributed by atoms with Crippen LogP contribution in [-0.4, -0.2) is 38.6 Å². The van der Waals surface area contributed by atoms with Crippen molar-refractivity contribution in [1.82, 2.24) is 10.6 Å². The maximum atomic E-state index is 13.3. The second kappa shape index (κ2) is 8.39. The fraction of sp³-hybridized carbons (Fsp3) is 0.600. The number of amides is 1. The molecule has 0 saturated carbocycles. The predicted molar refractivity (Wildman–Crippen MR) is 99.6 cm³/mol. The number of rotatable bonds is 4. The van der Waals surface area contributed by atoms with Gasteiger partial charge in [0.2, 0.25) is 5.91 Å². The molecular formula is C20H25F3N4O. The lowest BCUT2D eigenvalue weighted by Crippen LogP contribution is -2.40. The SMILES string of the molecule is CCNC(=O)[C@@H]1CN(c2ccc(C#N)c(C(F)(F)F)c2)C[C@H]1C1CCNCC1. The van der Waals surface area contributed by atoms with Crippen LogP contribution < -0.4 is 15.5 Å². The highest BCUT2D eigenvalue weighted by molar-refractivity contribution is 5.80. The number of hydrogen-bond acceptors (Lipinski definition) is 4. The van der Waals surface area contributed by atoms with Crippen LogP contribution in [0.3, 0.4) is 0 Å². The number of carbonyl (C=O) groups is 1. The number of piperidine rings is 1. The third-order valence-electron chi connectivity index (χ3n) is 5.84. The van der Waals surface area contributed by atoms with Gasteiger partial charge in [-0.1, -0.05) is 0 Å². The summed E-state index contributed by atoms with van der Waals surface area (Å²) in [5.41, 5.74) is -0.893. The summed E-state index contributed by atoms with van der Waals surface area (Å²) in [7, 11) is 0. The third kappa shape index (κ3) is 4.25. The fourth-order valence-electron chi connectivity index (χ4n) is 4.43. The van der Waals surface area contributed by atoms with E-state index in [0.717, 1.165) is 32.0 Å². The molecule has 2 aliphatic rings. The lowest BCUT2D eigenvalue weighted by Gasteiger charge is -2.30. The van der Waals surface area contributed by atoms with Crippen LogP contribution in [-0.2, 0) is 11.0 Å². The van der Waals surface area contributed by atoms with Crippen molar-refractivity contribution in [3.63, 3.8) is 0 Å². The van der Waals surface area contributed by atoms with Crippen molar-refractivity contribution < 1.29 is 18.0 Å². The minimum absolute atomic E-state index is 0.0294. The van der Waals surface area contributed by atoms with Gasteiger partial charge in [-0.25, -0.2) is 0 Å². The maximum absolute atomic E-state index is 13.3. The summed E-state index contributed by atoms with van der Waals surface area (Å²) >= 11 is 0. The van der Waals surface area contributed by atoms with Crippen molar-refractivity contribution in [2.24, 2.45) is 17.8 Å². The first-order valence-corrected chi connectivity index (χ1v) is 9.69. The number of carbonyl (C=O) groups excluding carboxylic acids is 1. The van der Waals surface area contributed by atoms with Crippen LogP contribution in [0.2, 0.25) is 0 Å². The summed E-state index contributed by atoms with van der Waals surface area (Å²) in [6.07, 6.45) is -2.65. The van der Waals surface area contributed by atoms with E-state index in [0.29, 0.717) is 31.2 Å². The molecular weight excluding hydrogens is 369 g/mol. The van der Waals surface area contributed by atoms with Gasteiger partial charge in [0.25, 0.3) is 0 Å². The zero-order chi connectivity index (χ0) is 20.3. The average Bonchev–Trinajstić information content (AvgIpc) is 3.13. The highest BCUT2D eigenvalue weighted by Gasteiger charge is 2.42. The molecule has 0 spiro atoms. The molecule has 28 heavy (non-hydrogen) atoms. The summed E-state index contributed by atoms with van der Waals surface area (Å²) in [6.45, 7) is 5.14. The van der Waals surface area contributed by atoms with Crippen molar-refractivity contribution in [3.05, 3.63) is 29.3 Å². The molecule has 3 rings (SSSR count). The van der Waals surface area contributed by atoms with Gasteiger partial charge in [0.05, 0.1) is 23.1 Å². The Morgan fingerprint density at radius 1 is 1.32 bits per heavy atom. The summed E-state index contributed by atoms with van der Waals surface area (Å²) in [5.74, 6) is 0.212. The van der Waals surface area contributed by atoms with E-state index in [9.17, 15) is 18.0 Å². The van der Waals surface area contributed by atoms with Gasteiger partial charge >= 0.3 is 6.18 Å². The highest BCUT2D eigenvalue weighted by Crippen LogP contribution is 2.39. The molecule has 0 unspecified atom stereocenters. The van der Waals surface area contributed by atoms with Crippen LogP contribution in [0.15, 0.2) is 18.2 Å². The number of nitriles is 1.